The predicted octanol–water partition coefficient (Wildman–Crippen LogP) is 2.64. The number of carbonyl (C=O) groups is 1. The molecule has 102 valence electrons. The Bertz CT molecular complexity index is 452. The maximum absolute atomic E-state index is 12.3. The van der Waals surface area contributed by atoms with Crippen LogP contribution in [0.1, 0.15) is 41.6 Å². The van der Waals surface area contributed by atoms with Crippen LogP contribution in [0.3, 0.4) is 0 Å². The zero-order valence-electron chi connectivity index (χ0n) is 11.3. The van der Waals surface area contributed by atoms with Crippen LogP contribution < -0.4 is 0 Å². The van der Waals surface area contributed by atoms with Gasteiger partial charge in [0.05, 0.1) is 6.10 Å². The van der Waals surface area contributed by atoms with Crippen LogP contribution >= 0.6 is 0 Å². The number of fused-ring (bicyclic) bond motifs is 1. The monoisotopic (exact) mass is 259 g/mol. The van der Waals surface area contributed by atoms with Crippen molar-refractivity contribution in [3.63, 3.8) is 0 Å². The van der Waals surface area contributed by atoms with Crippen molar-refractivity contribution in [3.8, 4) is 0 Å². The van der Waals surface area contributed by atoms with Crippen molar-refractivity contribution in [1.29, 1.82) is 0 Å². The number of carbonyl (C=O) groups excluding carboxylic acids is 1. The van der Waals surface area contributed by atoms with E-state index in [1.807, 2.05) is 23.1 Å². The van der Waals surface area contributed by atoms with Gasteiger partial charge in [0.2, 0.25) is 0 Å². The third kappa shape index (κ3) is 2.81. The molecule has 0 radical (unpaired) electrons. The van der Waals surface area contributed by atoms with Crippen molar-refractivity contribution in [2.24, 2.45) is 0 Å². The summed E-state index contributed by atoms with van der Waals surface area (Å²) in [5.74, 6) is 0.203. The van der Waals surface area contributed by atoms with E-state index in [1.54, 1.807) is 0 Å². The van der Waals surface area contributed by atoms with E-state index in [0.717, 1.165) is 44.5 Å². The Hall–Kier alpha value is -1.35. The Kier molecular flexibility index (Phi) is 3.83. The highest BCUT2D eigenvalue weighted by atomic mass is 16.5. The summed E-state index contributed by atoms with van der Waals surface area (Å²) in [5.41, 5.74) is 2.09. The Labute approximate surface area is 114 Å². The van der Waals surface area contributed by atoms with Crippen LogP contribution in [0.15, 0.2) is 24.3 Å². The maximum Gasteiger partial charge on any atom is 0.254 e. The van der Waals surface area contributed by atoms with Gasteiger partial charge in [-0.05, 0) is 43.7 Å². The number of benzene rings is 1. The molecular formula is C16H21NO2. The molecule has 0 saturated carbocycles. The van der Waals surface area contributed by atoms with Gasteiger partial charge in [0.15, 0.2) is 0 Å². The SMILES string of the molecule is O=C1c2ccccc2CCN1CCCC1CCCO1. The van der Waals surface area contributed by atoms with Crippen LogP contribution in [-0.2, 0) is 11.2 Å². The third-order valence-electron chi connectivity index (χ3n) is 4.16. The first kappa shape index (κ1) is 12.7. The predicted molar refractivity (Wildman–Crippen MR) is 74.3 cm³/mol. The van der Waals surface area contributed by atoms with Gasteiger partial charge < -0.3 is 9.64 Å². The molecule has 1 unspecified atom stereocenters. The lowest BCUT2D eigenvalue weighted by atomic mass is 9.99. The number of hydrogen-bond acceptors (Lipinski definition) is 2. The Morgan fingerprint density at radius 1 is 1.32 bits per heavy atom. The molecule has 0 bridgehead atoms. The molecule has 0 spiro atoms. The second kappa shape index (κ2) is 5.74. The van der Waals surface area contributed by atoms with Gasteiger partial charge in [-0.25, -0.2) is 0 Å². The van der Waals surface area contributed by atoms with Crippen LogP contribution in [0, 0.1) is 0 Å². The number of rotatable bonds is 4. The van der Waals surface area contributed by atoms with Gasteiger partial charge in [-0.2, -0.15) is 0 Å². The molecule has 1 amide bonds. The van der Waals surface area contributed by atoms with E-state index < -0.39 is 0 Å². The second-order valence-electron chi connectivity index (χ2n) is 5.48. The summed E-state index contributed by atoms with van der Waals surface area (Å²) in [5, 5.41) is 0. The minimum absolute atomic E-state index is 0.203. The molecule has 1 aromatic rings. The Morgan fingerprint density at radius 2 is 2.21 bits per heavy atom. The number of nitrogens with zero attached hydrogens (tertiary/aromatic N) is 1. The molecule has 0 N–H and O–H groups in total. The fraction of sp³-hybridized carbons (Fsp3) is 0.562. The van der Waals surface area contributed by atoms with E-state index in [1.165, 1.54) is 18.4 Å². The maximum atomic E-state index is 12.3. The first-order valence-corrected chi connectivity index (χ1v) is 7.33. The van der Waals surface area contributed by atoms with Crippen molar-refractivity contribution in [3.05, 3.63) is 35.4 Å². The molecular weight excluding hydrogens is 238 g/mol. The molecule has 0 aromatic heterocycles. The van der Waals surface area contributed by atoms with Crippen molar-refractivity contribution >= 4 is 5.91 Å². The largest absolute Gasteiger partial charge is 0.378 e. The minimum atomic E-state index is 0.203. The number of ether oxygens (including phenoxy) is 1. The van der Waals surface area contributed by atoms with Gasteiger partial charge >= 0.3 is 0 Å². The molecule has 2 aliphatic heterocycles. The molecule has 1 saturated heterocycles. The van der Waals surface area contributed by atoms with Crippen molar-refractivity contribution < 1.29 is 9.53 Å². The van der Waals surface area contributed by atoms with E-state index in [0.29, 0.717) is 6.10 Å². The van der Waals surface area contributed by atoms with E-state index in [9.17, 15) is 4.79 Å². The highest BCUT2D eigenvalue weighted by Crippen LogP contribution is 2.20. The summed E-state index contributed by atoms with van der Waals surface area (Å²) in [6, 6.07) is 7.98. The highest BCUT2D eigenvalue weighted by Gasteiger charge is 2.23. The average molecular weight is 259 g/mol. The summed E-state index contributed by atoms with van der Waals surface area (Å²) in [7, 11) is 0. The van der Waals surface area contributed by atoms with Gasteiger partial charge in [0, 0.05) is 25.3 Å². The van der Waals surface area contributed by atoms with Crippen molar-refractivity contribution in [2.45, 2.75) is 38.2 Å². The van der Waals surface area contributed by atoms with E-state index in [2.05, 4.69) is 6.07 Å². The zero-order chi connectivity index (χ0) is 13.1. The van der Waals surface area contributed by atoms with Gasteiger partial charge in [0.1, 0.15) is 0 Å². The fourth-order valence-electron chi connectivity index (χ4n) is 3.07. The molecule has 1 atom stereocenters. The van der Waals surface area contributed by atoms with E-state index in [4.69, 9.17) is 4.74 Å². The number of hydrogen-bond donors (Lipinski definition) is 0. The Balaban J connectivity index is 1.54. The summed E-state index contributed by atoms with van der Waals surface area (Å²) in [6.07, 6.45) is 5.95. The fourth-order valence-corrected chi connectivity index (χ4v) is 3.07. The molecule has 19 heavy (non-hydrogen) atoms. The normalized spacial score (nSPS) is 22.6. The summed E-state index contributed by atoms with van der Waals surface area (Å²) in [4.78, 5) is 14.3. The lowest BCUT2D eigenvalue weighted by Crippen LogP contribution is -2.38. The summed E-state index contributed by atoms with van der Waals surface area (Å²) in [6.45, 7) is 2.65. The molecule has 1 aromatic carbocycles. The Morgan fingerprint density at radius 3 is 3.05 bits per heavy atom. The van der Waals surface area contributed by atoms with E-state index >= 15 is 0 Å². The molecule has 2 heterocycles. The average Bonchev–Trinajstić information content (AvgIpc) is 2.95. The molecule has 1 fully saturated rings. The van der Waals surface area contributed by atoms with E-state index in [-0.39, 0.29) is 5.91 Å². The van der Waals surface area contributed by atoms with Gasteiger partial charge in [0.25, 0.3) is 5.91 Å². The van der Waals surface area contributed by atoms with Crippen LogP contribution in [-0.4, -0.2) is 36.6 Å². The van der Waals surface area contributed by atoms with Crippen LogP contribution in [0.5, 0.6) is 0 Å². The van der Waals surface area contributed by atoms with Crippen LogP contribution in [0.4, 0.5) is 0 Å². The molecule has 3 nitrogen and oxygen atoms in total. The van der Waals surface area contributed by atoms with Crippen molar-refractivity contribution in [2.75, 3.05) is 19.7 Å². The lowest BCUT2D eigenvalue weighted by molar-refractivity contribution is 0.0707. The topological polar surface area (TPSA) is 29.5 Å². The lowest BCUT2D eigenvalue weighted by Gasteiger charge is -2.28. The van der Waals surface area contributed by atoms with Crippen molar-refractivity contribution in [1.82, 2.24) is 4.90 Å². The molecule has 3 heteroatoms. The molecule has 3 rings (SSSR count). The molecule has 2 aliphatic rings. The first-order valence-electron chi connectivity index (χ1n) is 7.33. The minimum Gasteiger partial charge on any atom is -0.378 e. The highest BCUT2D eigenvalue weighted by molar-refractivity contribution is 5.96. The smallest absolute Gasteiger partial charge is 0.254 e. The number of amides is 1. The van der Waals surface area contributed by atoms with Gasteiger partial charge in [-0.15, -0.1) is 0 Å². The molecule has 0 aliphatic carbocycles. The quantitative estimate of drug-likeness (QED) is 0.832. The van der Waals surface area contributed by atoms with Crippen LogP contribution in [0.2, 0.25) is 0 Å². The zero-order valence-corrected chi connectivity index (χ0v) is 11.3. The van der Waals surface area contributed by atoms with Gasteiger partial charge in [-0.3, -0.25) is 4.79 Å². The summed E-state index contributed by atoms with van der Waals surface area (Å²) < 4.78 is 5.62. The standard InChI is InChI=1S/C16H21NO2/c18-16-15-8-2-1-5-13(15)9-11-17(16)10-3-6-14-7-4-12-19-14/h1-2,5,8,14H,3-4,6-7,9-12H2. The third-order valence-corrected chi connectivity index (χ3v) is 4.16. The van der Waals surface area contributed by atoms with Crippen LogP contribution in [0.25, 0.3) is 0 Å². The summed E-state index contributed by atoms with van der Waals surface area (Å²) >= 11 is 0. The second-order valence-corrected chi connectivity index (χ2v) is 5.48. The van der Waals surface area contributed by atoms with Gasteiger partial charge in [-0.1, -0.05) is 18.2 Å². The first-order chi connectivity index (χ1) is 9.34.